The zero-order valence-electron chi connectivity index (χ0n) is 17.0. The zero-order chi connectivity index (χ0) is 25.3. The average molecular weight is 507 g/mol. The van der Waals surface area contributed by atoms with Crippen molar-refractivity contribution in [2.75, 3.05) is 24.5 Å². The van der Waals surface area contributed by atoms with Gasteiger partial charge in [0, 0.05) is 19.3 Å². The van der Waals surface area contributed by atoms with Crippen LogP contribution in [0.25, 0.3) is 0 Å². The highest BCUT2D eigenvalue weighted by atomic mass is 32.2. The summed E-state index contributed by atoms with van der Waals surface area (Å²) in [5, 5.41) is 9.34. The lowest BCUT2D eigenvalue weighted by molar-refractivity contribution is -0.139. The number of alkyl halides is 6. The fourth-order valence-corrected chi connectivity index (χ4v) is 5.32. The third-order valence-corrected chi connectivity index (χ3v) is 7.18. The van der Waals surface area contributed by atoms with Gasteiger partial charge < -0.3 is 10.2 Å². The van der Waals surface area contributed by atoms with Crippen LogP contribution in [0.2, 0.25) is 0 Å². The first-order valence-electron chi connectivity index (χ1n) is 9.51. The molecule has 1 aliphatic heterocycles. The van der Waals surface area contributed by atoms with Crippen molar-refractivity contribution in [3.8, 4) is 6.07 Å². The van der Waals surface area contributed by atoms with Crippen molar-refractivity contribution in [2.45, 2.75) is 28.9 Å². The summed E-state index contributed by atoms with van der Waals surface area (Å²) in [6.07, 6.45) is -8.95. The van der Waals surface area contributed by atoms with E-state index >= 15 is 0 Å². The largest absolute Gasteiger partial charge is 0.417 e. The quantitative estimate of drug-likeness (QED) is 0.619. The van der Waals surface area contributed by atoms with Gasteiger partial charge in [-0.05, 0) is 18.6 Å². The maximum atomic E-state index is 13.3. The summed E-state index contributed by atoms with van der Waals surface area (Å²) in [7, 11) is -4.49. The maximum Gasteiger partial charge on any atom is 0.417 e. The monoisotopic (exact) mass is 507 g/mol. The van der Waals surface area contributed by atoms with E-state index < -0.39 is 68.3 Å². The Morgan fingerprint density at radius 1 is 1.21 bits per heavy atom. The Morgan fingerprint density at radius 3 is 2.50 bits per heavy atom. The molecule has 1 atom stereocenters. The van der Waals surface area contributed by atoms with Gasteiger partial charge in [-0.15, -0.1) is 0 Å². The van der Waals surface area contributed by atoms with Crippen molar-refractivity contribution in [1.82, 2.24) is 15.3 Å². The van der Waals surface area contributed by atoms with E-state index in [0.29, 0.717) is 6.07 Å². The number of hydrogen-bond donors (Lipinski definition) is 1. The molecule has 0 spiro atoms. The van der Waals surface area contributed by atoms with E-state index in [1.807, 2.05) is 0 Å². The topological polar surface area (TPSA) is 116 Å². The third-order valence-electron chi connectivity index (χ3n) is 4.95. The van der Waals surface area contributed by atoms with Gasteiger partial charge in [0.05, 0.1) is 15.7 Å². The van der Waals surface area contributed by atoms with Gasteiger partial charge in [0.25, 0.3) is 5.91 Å². The van der Waals surface area contributed by atoms with E-state index in [1.54, 1.807) is 11.4 Å². The number of nitriles is 1. The average Bonchev–Trinajstić information content (AvgIpc) is 3.27. The van der Waals surface area contributed by atoms with Gasteiger partial charge in [0.1, 0.15) is 24.0 Å². The number of benzene rings is 1. The first-order valence-corrected chi connectivity index (χ1v) is 11.1. The molecular weight excluding hydrogens is 492 g/mol. The molecule has 0 radical (unpaired) electrons. The van der Waals surface area contributed by atoms with Gasteiger partial charge in [0.15, 0.2) is 9.84 Å². The highest BCUT2D eigenvalue weighted by Crippen LogP contribution is 2.37. The highest BCUT2D eigenvalue weighted by Gasteiger charge is 2.42. The predicted octanol–water partition coefficient (Wildman–Crippen LogP) is 2.71. The van der Waals surface area contributed by atoms with E-state index in [-0.39, 0.29) is 18.8 Å². The molecule has 1 aromatic heterocycles. The minimum Gasteiger partial charge on any atom is -0.354 e. The van der Waals surface area contributed by atoms with Gasteiger partial charge in [0.2, 0.25) is 5.82 Å². The Balaban J connectivity index is 1.92. The van der Waals surface area contributed by atoms with Crippen LogP contribution in [0.15, 0.2) is 35.4 Å². The van der Waals surface area contributed by atoms with Crippen molar-refractivity contribution in [1.29, 1.82) is 5.26 Å². The second kappa shape index (κ2) is 9.09. The summed E-state index contributed by atoms with van der Waals surface area (Å²) in [6.45, 7) is -2.16. The predicted molar refractivity (Wildman–Crippen MR) is 104 cm³/mol. The van der Waals surface area contributed by atoms with Gasteiger partial charge in [-0.1, -0.05) is 12.1 Å². The van der Waals surface area contributed by atoms with Crippen LogP contribution in [-0.2, 0) is 16.0 Å². The van der Waals surface area contributed by atoms with Crippen molar-refractivity contribution in [3.05, 3.63) is 47.4 Å². The number of aromatic nitrogens is 2. The first-order chi connectivity index (χ1) is 15.7. The second-order valence-electron chi connectivity index (χ2n) is 7.24. The molecule has 1 aliphatic rings. The molecule has 0 bridgehead atoms. The molecule has 1 aromatic carbocycles. The molecule has 15 heteroatoms. The normalized spacial score (nSPS) is 16.9. The Labute approximate surface area is 189 Å². The van der Waals surface area contributed by atoms with Gasteiger partial charge in [-0.2, -0.15) is 31.6 Å². The molecule has 0 saturated carbocycles. The molecular formula is C19H15F6N5O3S. The fraction of sp³-hybridized carbons (Fsp3) is 0.368. The molecule has 1 N–H and O–H groups in total. The van der Waals surface area contributed by atoms with Crippen LogP contribution in [-0.4, -0.2) is 55.4 Å². The molecule has 1 fully saturated rings. The molecule has 34 heavy (non-hydrogen) atoms. The van der Waals surface area contributed by atoms with Crippen LogP contribution < -0.4 is 10.2 Å². The highest BCUT2D eigenvalue weighted by molar-refractivity contribution is 7.92. The third kappa shape index (κ3) is 5.38. The van der Waals surface area contributed by atoms with Crippen molar-refractivity contribution in [2.24, 2.45) is 0 Å². The summed E-state index contributed by atoms with van der Waals surface area (Å²) in [5.41, 5.74) is -1.77. The lowest BCUT2D eigenvalue weighted by Crippen LogP contribution is -2.36. The van der Waals surface area contributed by atoms with Crippen LogP contribution in [0, 0.1) is 11.3 Å². The smallest absolute Gasteiger partial charge is 0.354 e. The number of anilines is 1. The number of rotatable bonds is 5. The number of nitrogens with one attached hydrogen (secondary N) is 1. The summed E-state index contributed by atoms with van der Waals surface area (Å²) in [5.74, 6) is -1.95. The molecule has 8 nitrogen and oxygen atoms in total. The van der Waals surface area contributed by atoms with E-state index in [9.17, 15) is 39.6 Å². The van der Waals surface area contributed by atoms with Crippen LogP contribution >= 0.6 is 0 Å². The molecule has 1 unspecified atom stereocenters. The summed E-state index contributed by atoms with van der Waals surface area (Å²) < 4.78 is 103. The standard InChI is InChI=1S/C19H15F6N5O3S/c20-18(21,22)10-28-17(31)12-8-27-15(7-26)29-16(12)30-6-5-11(9-30)34(32,33)14-4-2-1-3-13(14)19(23,24)25/h1-4,8,11H,5-6,9-10H2,(H,28,31). The minimum absolute atomic E-state index is 0.0977. The number of hydrogen-bond acceptors (Lipinski definition) is 7. The Bertz CT molecular complexity index is 1240. The molecule has 1 saturated heterocycles. The molecule has 2 aromatic rings. The SMILES string of the molecule is N#Cc1ncc(C(=O)NCC(F)(F)F)c(N2CCC(S(=O)(=O)c3ccccc3C(F)(F)F)C2)n1. The Morgan fingerprint density at radius 2 is 1.88 bits per heavy atom. The molecule has 1 amide bonds. The van der Waals surface area contributed by atoms with Gasteiger partial charge in [-0.25, -0.2) is 18.4 Å². The van der Waals surface area contributed by atoms with Gasteiger partial charge in [-0.3, -0.25) is 4.79 Å². The van der Waals surface area contributed by atoms with Crippen molar-refractivity contribution in [3.63, 3.8) is 0 Å². The van der Waals surface area contributed by atoms with Crippen molar-refractivity contribution >= 4 is 21.6 Å². The molecule has 0 aliphatic carbocycles. The lowest BCUT2D eigenvalue weighted by atomic mass is 10.2. The summed E-state index contributed by atoms with van der Waals surface area (Å²) in [4.78, 5) is 20.0. The molecule has 182 valence electrons. The number of sulfone groups is 1. The van der Waals surface area contributed by atoms with Crippen LogP contribution in [0.3, 0.4) is 0 Å². The Hall–Kier alpha value is -3.41. The second-order valence-corrected chi connectivity index (χ2v) is 9.43. The summed E-state index contributed by atoms with van der Waals surface area (Å²) >= 11 is 0. The minimum atomic E-state index is -4.92. The molecule has 2 heterocycles. The number of nitrogens with zero attached hydrogens (tertiary/aromatic N) is 4. The van der Waals surface area contributed by atoms with E-state index in [4.69, 9.17) is 5.26 Å². The van der Waals surface area contributed by atoms with E-state index in [0.717, 1.165) is 24.4 Å². The number of amides is 1. The van der Waals surface area contributed by atoms with Gasteiger partial charge >= 0.3 is 12.4 Å². The maximum absolute atomic E-state index is 13.3. The van der Waals surface area contributed by atoms with Crippen molar-refractivity contribution < 1.29 is 39.6 Å². The zero-order valence-corrected chi connectivity index (χ0v) is 17.8. The number of carbonyl (C=O) groups is 1. The Kier molecular flexibility index (Phi) is 6.74. The van der Waals surface area contributed by atoms with Crippen LogP contribution in [0.1, 0.15) is 28.2 Å². The number of carbonyl (C=O) groups excluding carboxylic acids is 1. The van der Waals surface area contributed by atoms with E-state index in [1.165, 1.54) is 4.90 Å². The lowest BCUT2D eigenvalue weighted by Gasteiger charge is -2.21. The van der Waals surface area contributed by atoms with E-state index in [2.05, 4.69) is 9.97 Å². The summed E-state index contributed by atoms with van der Waals surface area (Å²) in [6, 6.07) is 5.30. The fourth-order valence-electron chi connectivity index (χ4n) is 3.41. The molecule has 3 rings (SSSR count). The van der Waals surface area contributed by atoms with Crippen LogP contribution in [0.4, 0.5) is 32.2 Å². The van der Waals surface area contributed by atoms with Crippen LogP contribution in [0.5, 0.6) is 0 Å². The first kappa shape index (κ1) is 25.2. The number of halogens is 6.